The van der Waals surface area contributed by atoms with Crippen molar-refractivity contribution in [1.29, 1.82) is 0 Å². The summed E-state index contributed by atoms with van der Waals surface area (Å²) in [5.74, 6) is 1.18. The van der Waals surface area contributed by atoms with E-state index in [1.54, 1.807) is 31.4 Å². The topological polar surface area (TPSA) is 78.7 Å². The highest BCUT2D eigenvalue weighted by Gasteiger charge is 2.15. The van der Waals surface area contributed by atoms with Gasteiger partial charge in [0.15, 0.2) is 17.3 Å². The van der Waals surface area contributed by atoms with E-state index in [2.05, 4.69) is 0 Å². The maximum Gasteiger partial charge on any atom is 0.288 e. The Bertz CT molecular complexity index is 877. The molecule has 0 radical (unpaired) electrons. The molecule has 0 amide bonds. The van der Waals surface area contributed by atoms with Gasteiger partial charge in [0.05, 0.1) is 18.6 Å². The minimum absolute atomic E-state index is 0.0115. The standard InChI is InChI=1S/C20H20ClNO5/c1-13(2)12-27-20-10-14(5-9-19(20)26-3)4-8-18(23)15-6-7-16(21)17(11-15)22(24)25/h4-11,13H,12H2,1-3H3/b8-4+. The Morgan fingerprint density at radius 1 is 1.22 bits per heavy atom. The van der Waals surface area contributed by atoms with Gasteiger partial charge in [-0.3, -0.25) is 14.9 Å². The van der Waals surface area contributed by atoms with Crippen LogP contribution in [0.15, 0.2) is 42.5 Å². The molecule has 0 heterocycles. The lowest BCUT2D eigenvalue weighted by atomic mass is 10.1. The number of ketones is 1. The first kappa shape index (κ1) is 20.5. The van der Waals surface area contributed by atoms with Gasteiger partial charge in [-0.15, -0.1) is 0 Å². The Balaban J connectivity index is 2.22. The average molecular weight is 390 g/mol. The van der Waals surface area contributed by atoms with Crippen molar-refractivity contribution in [2.45, 2.75) is 13.8 Å². The highest BCUT2D eigenvalue weighted by Crippen LogP contribution is 2.29. The molecule has 27 heavy (non-hydrogen) atoms. The third kappa shape index (κ3) is 5.56. The van der Waals surface area contributed by atoms with Crippen LogP contribution >= 0.6 is 11.6 Å². The molecule has 0 aliphatic rings. The minimum Gasteiger partial charge on any atom is -0.493 e. The molecule has 0 aliphatic carbocycles. The first-order valence-electron chi connectivity index (χ1n) is 8.29. The number of nitro groups is 1. The molecule has 7 heteroatoms. The number of carbonyl (C=O) groups excluding carboxylic acids is 1. The predicted octanol–water partition coefficient (Wildman–Crippen LogP) is 5.19. The Labute approximate surface area is 162 Å². The zero-order valence-corrected chi connectivity index (χ0v) is 16.0. The number of nitrogens with zero attached hydrogens (tertiary/aromatic N) is 1. The van der Waals surface area contributed by atoms with Crippen molar-refractivity contribution >= 4 is 29.1 Å². The Kier molecular flexibility index (Phi) is 6.96. The summed E-state index contributed by atoms with van der Waals surface area (Å²) in [5, 5.41) is 10.9. The van der Waals surface area contributed by atoms with E-state index in [0.717, 1.165) is 5.56 Å². The second-order valence-electron chi connectivity index (χ2n) is 6.24. The lowest BCUT2D eigenvalue weighted by Gasteiger charge is -2.13. The smallest absolute Gasteiger partial charge is 0.288 e. The van der Waals surface area contributed by atoms with Crippen molar-refractivity contribution in [2.75, 3.05) is 13.7 Å². The van der Waals surface area contributed by atoms with Gasteiger partial charge < -0.3 is 9.47 Å². The molecule has 0 saturated heterocycles. The number of allylic oxidation sites excluding steroid dienone is 1. The molecule has 0 atom stereocenters. The van der Waals surface area contributed by atoms with Gasteiger partial charge in [0.2, 0.25) is 0 Å². The van der Waals surface area contributed by atoms with Crippen LogP contribution in [0.4, 0.5) is 5.69 Å². The number of halogens is 1. The molecule has 142 valence electrons. The summed E-state index contributed by atoms with van der Waals surface area (Å²) in [6.45, 7) is 4.62. The van der Waals surface area contributed by atoms with Crippen molar-refractivity contribution in [3.05, 3.63) is 68.7 Å². The summed E-state index contributed by atoms with van der Waals surface area (Å²) in [5.41, 5.74) is 0.628. The van der Waals surface area contributed by atoms with E-state index in [1.807, 2.05) is 13.8 Å². The molecule has 0 bridgehead atoms. The lowest BCUT2D eigenvalue weighted by Crippen LogP contribution is -2.05. The predicted molar refractivity (Wildman–Crippen MR) is 105 cm³/mol. The molecule has 0 unspecified atom stereocenters. The van der Waals surface area contributed by atoms with E-state index in [0.29, 0.717) is 24.0 Å². The van der Waals surface area contributed by atoms with Crippen LogP contribution in [-0.4, -0.2) is 24.4 Å². The van der Waals surface area contributed by atoms with Crippen molar-refractivity contribution in [3.63, 3.8) is 0 Å². The number of methoxy groups -OCH3 is 1. The van der Waals surface area contributed by atoms with Crippen LogP contribution in [0.2, 0.25) is 5.02 Å². The van der Waals surface area contributed by atoms with Crippen molar-refractivity contribution in [3.8, 4) is 11.5 Å². The molecular weight excluding hydrogens is 370 g/mol. The van der Waals surface area contributed by atoms with Crippen LogP contribution in [0.1, 0.15) is 29.8 Å². The Hall–Kier alpha value is -2.86. The Morgan fingerprint density at radius 3 is 2.59 bits per heavy atom. The highest BCUT2D eigenvalue weighted by atomic mass is 35.5. The van der Waals surface area contributed by atoms with Crippen LogP contribution < -0.4 is 9.47 Å². The summed E-state index contributed by atoms with van der Waals surface area (Å²) in [4.78, 5) is 22.6. The normalized spacial score (nSPS) is 11.0. The number of nitro benzene ring substituents is 1. The number of benzene rings is 2. The molecule has 0 aromatic heterocycles. The van der Waals surface area contributed by atoms with Crippen LogP contribution in [-0.2, 0) is 0 Å². The van der Waals surface area contributed by atoms with Gasteiger partial charge in [-0.05, 0) is 41.8 Å². The number of rotatable bonds is 8. The van der Waals surface area contributed by atoms with Gasteiger partial charge in [0.1, 0.15) is 5.02 Å². The number of ether oxygens (including phenoxy) is 2. The molecule has 2 aromatic carbocycles. The summed E-state index contributed by atoms with van der Waals surface area (Å²) in [6, 6.07) is 9.27. The van der Waals surface area contributed by atoms with E-state index >= 15 is 0 Å². The van der Waals surface area contributed by atoms with Gasteiger partial charge >= 0.3 is 0 Å². The molecule has 0 fully saturated rings. The van der Waals surface area contributed by atoms with Crippen LogP contribution in [0.25, 0.3) is 6.08 Å². The largest absolute Gasteiger partial charge is 0.493 e. The summed E-state index contributed by atoms with van der Waals surface area (Å²) in [6.07, 6.45) is 2.96. The number of hydrogen-bond acceptors (Lipinski definition) is 5. The number of carbonyl (C=O) groups is 1. The molecule has 0 N–H and O–H groups in total. The van der Waals surface area contributed by atoms with Gasteiger partial charge in [-0.2, -0.15) is 0 Å². The third-order valence-corrected chi connectivity index (χ3v) is 3.93. The van der Waals surface area contributed by atoms with Gasteiger partial charge in [-0.25, -0.2) is 0 Å². The highest BCUT2D eigenvalue weighted by molar-refractivity contribution is 6.32. The molecule has 6 nitrogen and oxygen atoms in total. The fraction of sp³-hybridized carbons (Fsp3) is 0.250. The van der Waals surface area contributed by atoms with Gasteiger partial charge in [0.25, 0.3) is 5.69 Å². The molecule has 2 aromatic rings. The third-order valence-electron chi connectivity index (χ3n) is 3.61. The first-order valence-corrected chi connectivity index (χ1v) is 8.66. The van der Waals surface area contributed by atoms with Crippen LogP contribution in [0.3, 0.4) is 0 Å². The van der Waals surface area contributed by atoms with E-state index in [9.17, 15) is 14.9 Å². The maximum atomic E-state index is 12.3. The fourth-order valence-corrected chi connectivity index (χ4v) is 2.43. The number of hydrogen-bond donors (Lipinski definition) is 0. The van der Waals surface area contributed by atoms with Crippen molar-refractivity contribution in [1.82, 2.24) is 0 Å². The molecular formula is C20H20ClNO5. The van der Waals surface area contributed by atoms with E-state index in [4.69, 9.17) is 21.1 Å². The summed E-state index contributed by atoms with van der Waals surface area (Å²) in [7, 11) is 1.56. The van der Waals surface area contributed by atoms with Gasteiger partial charge in [0, 0.05) is 11.6 Å². The quantitative estimate of drug-likeness (QED) is 0.269. The molecule has 0 aliphatic heterocycles. The van der Waals surface area contributed by atoms with Crippen LogP contribution in [0.5, 0.6) is 11.5 Å². The summed E-state index contributed by atoms with van der Waals surface area (Å²) >= 11 is 5.77. The maximum absolute atomic E-state index is 12.3. The summed E-state index contributed by atoms with van der Waals surface area (Å²) < 4.78 is 11.0. The molecule has 0 saturated carbocycles. The minimum atomic E-state index is -0.620. The second-order valence-corrected chi connectivity index (χ2v) is 6.64. The first-order chi connectivity index (χ1) is 12.8. The van der Waals surface area contributed by atoms with E-state index < -0.39 is 4.92 Å². The van der Waals surface area contributed by atoms with Crippen molar-refractivity contribution in [2.24, 2.45) is 5.92 Å². The molecule has 0 spiro atoms. The lowest BCUT2D eigenvalue weighted by molar-refractivity contribution is -0.384. The van der Waals surface area contributed by atoms with Crippen LogP contribution in [0, 0.1) is 16.0 Å². The average Bonchev–Trinajstić information content (AvgIpc) is 2.64. The van der Waals surface area contributed by atoms with Gasteiger partial charge in [-0.1, -0.05) is 37.6 Å². The van der Waals surface area contributed by atoms with E-state index in [-0.39, 0.29) is 22.1 Å². The fourth-order valence-electron chi connectivity index (χ4n) is 2.24. The monoisotopic (exact) mass is 389 g/mol. The van der Waals surface area contributed by atoms with Crippen molar-refractivity contribution < 1.29 is 19.2 Å². The zero-order valence-electron chi connectivity index (χ0n) is 15.3. The SMILES string of the molecule is COc1ccc(/C=C/C(=O)c2ccc(Cl)c([N+](=O)[O-])c2)cc1OCC(C)C. The molecule has 2 rings (SSSR count). The zero-order chi connectivity index (χ0) is 20.0. The Morgan fingerprint density at radius 2 is 1.96 bits per heavy atom. The second kappa shape index (κ2) is 9.19. The van der Waals surface area contributed by atoms with E-state index in [1.165, 1.54) is 24.3 Å².